The molecule has 12 heteroatoms. The average molecular weight is 580 g/mol. The van der Waals surface area contributed by atoms with Crippen molar-refractivity contribution in [1.82, 2.24) is 14.8 Å². The highest BCUT2D eigenvalue weighted by Crippen LogP contribution is 2.57. The number of amides is 1. The lowest BCUT2D eigenvalue weighted by molar-refractivity contribution is -0.149. The number of fused-ring (bicyclic) bond motifs is 1. The molecule has 3 fully saturated rings. The molecule has 1 aromatic carbocycles. The number of nitrogens with zero attached hydrogens (tertiary/aromatic N) is 3. The molecule has 2 aliphatic carbocycles. The molecule has 6 rings (SSSR count). The summed E-state index contributed by atoms with van der Waals surface area (Å²) in [6.07, 6.45) is 5.81. The Balaban J connectivity index is 1.36. The molecule has 2 bridgehead atoms. The summed E-state index contributed by atoms with van der Waals surface area (Å²) < 4.78 is 67.3. The monoisotopic (exact) mass is 579 g/mol. The molecule has 3 heterocycles. The number of likely N-dealkylation sites (tertiary alicyclic amines) is 2. The second kappa shape index (κ2) is 9.70. The van der Waals surface area contributed by atoms with Crippen LogP contribution in [-0.4, -0.2) is 77.5 Å². The molecule has 40 heavy (non-hydrogen) atoms. The molecule has 2 saturated heterocycles. The van der Waals surface area contributed by atoms with Crippen molar-refractivity contribution in [3.8, 4) is 5.75 Å². The summed E-state index contributed by atoms with van der Waals surface area (Å²) in [4.78, 5) is 21.6. The van der Waals surface area contributed by atoms with Gasteiger partial charge >= 0.3 is 15.6 Å². The summed E-state index contributed by atoms with van der Waals surface area (Å²) in [5.74, 6) is 0.0670. The van der Waals surface area contributed by atoms with Crippen LogP contribution in [-0.2, 0) is 33.2 Å². The van der Waals surface area contributed by atoms with Gasteiger partial charge in [0.1, 0.15) is 5.75 Å². The van der Waals surface area contributed by atoms with Gasteiger partial charge in [-0.15, -0.1) is 0 Å². The first-order valence-corrected chi connectivity index (χ1v) is 15.1. The van der Waals surface area contributed by atoms with Crippen LogP contribution in [0, 0.1) is 5.92 Å². The summed E-state index contributed by atoms with van der Waals surface area (Å²) in [5.41, 5.74) is -5.55. The lowest BCUT2D eigenvalue weighted by atomic mass is 9.52. The van der Waals surface area contributed by atoms with Gasteiger partial charge in [0.15, 0.2) is 0 Å². The topological polar surface area (TPSA) is 100 Å². The molecule has 0 unspecified atom stereocenters. The van der Waals surface area contributed by atoms with E-state index in [1.165, 1.54) is 12.1 Å². The maximum atomic E-state index is 13.3. The van der Waals surface area contributed by atoms with Crippen molar-refractivity contribution in [1.29, 1.82) is 0 Å². The lowest BCUT2D eigenvalue weighted by Gasteiger charge is -2.61. The number of hydrogen-bond donors (Lipinski definition) is 1. The van der Waals surface area contributed by atoms with Crippen molar-refractivity contribution in [2.24, 2.45) is 5.92 Å². The van der Waals surface area contributed by atoms with Crippen molar-refractivity contribution < 1.29 is 35.7 Å². The van der Waals surface area contributed by atoms with E-state index in [0.29, 0.717) is 62.5 Å². The van der Waals surface area contributed by atoms with Crippen molar-refractivity contribution in [2.45, 2.75) is 67.5 Å². The zero-order valence-corrected chi connectivity index (χ0v) is 22.8. The number of carbonyl (C=O) groups excluding carboxylic acids is 1. The zero-order chi connectivity index (χ0) is 28.3. The molecule has 2 aliphatic heterocycles. The smallest absolute Gasteiger partial charge is 0.387 e. The number of rotatable bonds is 6. The van der Waals surface area contributed by atoms with E-state index in [4.69, 9.17) is 0 Å². The molecule has 1 N–H and O–H groups in total. The summed E-state index contributed by atoms with van der Waals surface area (Å²) in [6, 6.07) is 9.41. The number of halogens is 3. The number of carbonyl (C=O) groups is 1. The van der Waals surface area contributed by atoms with E-state index < -0.39 is 32.4 Å². The SMILES string of the molecule is O=C(Cc1ccccn1)N1CC[C@]23CCN(CC4CC4)[C@H](Cc4ccc(OS(=O)(=O)C(F)(F)F)cc42)[C@]3(O)CC1. The third kappa shape index (κ3) is 4.67. The van der Waals surface area contributed by atoms with Gasteiger partial charge in [0.05, 0.1) is 12.0 Å². The minimum Gasteiger partial charge on any atom is -0.387 e. The zero-order valence-electron chi connectivity index (χ0n) is 21.9. The van der Waals surface area contributed by atoms with Crippen molar-refractivity contribution in [2.75, 3.05) is 26.2 Å². The maximum absolute atomic E-state index is 13.3. The number of alkyl halides is 3. The maximum Gasteiger partial charge on any atom is 0.534 e. The fraction of sp³-hybridized carbons (Fsp3) is 0.571. The summed E-state index contributed by atoms with van der Waals surface area (Å²) in [6.45, 7) is 2.28. The minimum atomic E-state index is -5.85. The molecule has 1 amide bonds. The van der Waals surface area contributed by atoms with Gasteiger partial charge in [0.2, 0.25) is 5.91 Å². The Morgan fingerprint density at radius 3 is 2.55 bits per heavy atom. The first-order chi connectivity index (χ1) is 18.9. The van der Waals surface area contributed by atoms with Crippen LogP contribution in [0.3, 0.4) is 0 Å². The Morgan fingerprint density at radius 1 is 1.10 bits per heavy atom. The van der Waals surface area contributed by atoms with E-state index in [2.05, 4.69) is 14.1 Å². The number of benzene rings is 1. The highest BCUT2D eigenvalue weighted by atomic mass is 32.2. The molecule has 1 aromatic heterocycles. The molecular weight excluding hydrogens is 547 g/mol. The Bertz CT molecular complexity index is 1400. The van der Waals surface area contributed by atoms with E-state index in [-0.39, 0.29) is 18.4 Å². The largest absolute Gasteiger partial charge is 0.534 e. The molecular formula is C28H32F3N3O5S. The fourth-order valence-corrected chi connectivity index (χ4v) is 7.55. The lowest BCUT2D eigenvalue weighted by Crippen LogP contribution is -2.71. The van der Waals surface area contributed by atoms with Crippen molar-refractivity contribution >= 4 is 16.0 Å². The van der Waals surface area contributed by atoms with Gasteiger partial charge in [-0.1, -0.05) is 12.1 Å². The van der Waals surface area contributed by atoms with Gasteiger partial charge in [0, 0.05) is 43.0 Å². The van der Waals surface area contributed by atoms with Crippen molar-refractivity contribution in [3.63, 3.8) is 0 Å². The van der Waals surface area contributed by atoms with Gasteiger partial charge in [-0.05, 0) is 86.4 Å². The Labute approximate surface area is 231 Å². The number of piperidine rings is 1. The minimum absolute atomic E-state index is 0.102. The molecule has 0 spiro atoms. The quantitative estimate of drug-likeness (QED) is 0.415. The number of hydrogen-bond acceptors (Lipinski definition) is 7. The second-order valence-corrected chi connectivity index (χ2v) is 13.1. The standard InChI is InChI=1S/C28H32F3N3O5S/c29-28(30,31)40(37,38)39-22-7-6-20-15-24-27(36)10-14-33(25(35)16-21-3-1-2-11-32-21)12-8-26(27,23(20)17-22)9-13-34(24)18-19-4-5-19/h1-3,6-7,11,17,19,24,36H,4-5,8-10,12-16,18H2/t24-,26+,27-/m1/s1. The number of pyridine rings is 1. The Morgan fingerprint density at radius 2 is 1.85 bits per heavy atom. The predicted octanol–water partition coefficient (Wildman–Crippen LogP) is 3.18. The second-order valence-electron chi connectivity index (χ2n) is 11.6. The summed E-state index contributed by atoms with van der Waals surface area (Å²) in [5, 5.41) is 12.6. The van der Waals surface area contributed by atoms with Crippen LogP contribution in [0.2, 0.25) is 0 Å². The highest BCUT2D eigenvalue weighted by molar-refractivity contribution is 7.88. The van der Waals surface area contributed by atoms with Crippen LogP contribution in [0.25, 0.3) is 0 Å². The molecule has 0 radical (unpaired) electrons. The molecule has 4 aliphatic rings. The third-order valence-electron chi connectivity index (χ3n) is 9.32. The van der Waals surface area contributed by atoms with Crippen molar-refractivity contribution in [3.05, 3.63) is 59.4 Å². The normalized spacial score (nSPS) is 28.8. The highest BCUT2D eigenvalue weighted by Gasteiger charge is 2.63. The fourth-order valence-electron chi connectivity index (χ4n) is 7.10. The van der Waals surface area contributed by atoms with Gasteiger partial charge in [-0.3, -0.25) is 14.7 Å². The van der Waals surface area contributed by atoms with E-state index >= 15 is 0 Å². The third-order valence-corrected chi connectivity index (χ3v) is 10.3. The van der Waals surface area contributed by atoms with Crippen LogP contribution < -0.4 is 4.18 Å². The van der Waals surface area contributed by atoms with E-state index in [0.717, 1.165) is 24.9 Å². The molecule has 3 atom stereocenters. The Kier molecular flexibility index (Phi) is 6.66. The van der Waals surface area contributed by atoms with E-state index in [1.54, 1.807) is 29.3 Å². The number of aromatic nitrogens is 1. The Hall–Kier alpha value is -2.70. The van der Waals surface area contributed by atoms with Gasteiger partial charge in [0.25, 0.3) is 0 Å². The average Bonchev–Trinajstić information content (AvgIpc) is 3.72. The number of aliphatic hydroxyl groups is 1. The van der Waals surface area contributed by atoms with Crippen LogP contribution >= 0.6 is 0 Å². The van der Waals surface area contributed by atoms with Gasteiger partial charge in [-0.25, -0.2) is 0 Å². The van der Waals surface area contributed by atoms with Crippen LogP contribution in [0.15, 0.2) is 42.6 Å². The van der Waals surface area contributed by atoms with E-state index in [1.807, 2.05) is 6.07 Å². The molecule has 216 valence electrons. The van der Waals surface area contributed by atoms with Gasteiger partial charge < -0.3 is 14.2 Å². The van der Waals surface area contributed by atoms with Gasteiger partial charge in [-0.2, -0.15) is 21.6 Å². The molecule has 8 nitrogen and oxygen atoms in total. The first-order valence-electron chi connectivity index (χ1n) is 13.7. The predicted molar refractivity (Wildman–Crippen MR) is 139 cm³/mol. The molecule has 2 aromatic rings. The molecule has 1 saturated carbocycles. The van der Waals surface area contributed by atoms with E-state index in [9.17, 15) is 31.5 Å². The van der Waals surface area contributed by atoms with Crippen LogP contribution in [0.5, 0.6) is 5.75 Å². The summed E-state index contributed by atoms with van der Waals surface area (Å²) >= 11 is 0. The van der Waals surface area contributed by atoms with Crippen LogP contribution in [0.4, 0.5) is 13.2 Å². The van der Waals surface area contributed by atoms with Crippen LogP contribution in [0.1, 0.15) is 48.9 Å². The summed E-state index contributed by atoms with van der Waals surface area (Å²) in [7, 11) is -5.85. The first kappa shape index (κ1) is 27.5.